The third-order valence-corrected chi connectivity index (χ3v) is 4.77. The number of benzene rings is 2. The monoisotopic (exact) mass is 424 g/mol. The predicted octanol–water partition coefficient (Wildman–Crippen LogP) is 4.27. The van der Waals surface area contributed by atoms with Crippen molar-refractivity contribution in [2.45, 2.75) is 26.2 Å². The Morgan fingerprint density at radius 3 is 2.13 bits per heavy atom. The van der Waals surface area contributed by atoms with E-state index in [9.17, 15) is 14.4 Å². The molecule has 1 saturated carbocycles. The van der Waals surface area contributed by atoms with Crippen LogP contribution < -0.4 is 9.47 Å². The molecule has 2 aromatic rings. The molecule has 0 aliphatic heterocycles. The standard InChI is InChI=1S/C24H24O7/c1-16-14-19(16)15-22(25)30-13-3-2-12-29-20-8-6-18(7-9-20)24(28)31-21-10-4-17(5-11-21)23(26)27/h4-11,15-16H,2-3,12-14H2,1H3,(H,26,27). The Morgan fingerprint density at radius 2 is 1.52 bits per heavy atom. The van der Waals surface area contributed by atoms with Crippen molar-refractivity contribution in [3.05, 3.63) is 71.3 Å². The van der Waals surface area contributed by atoms with Crippen LogP contribution in [-0.4, -0.2) is 36.2 Å². The molecular weight excluding hydrogens is 400 g/mol. The molecule has 1 atom stereocenters. The Labute approximate surface area is 180 Å². The second-order valence-electron chi connectivity index (χ2n) is 7.29. The van der Waals surface area contributed by atoms with Gasteiger partial charge in [-0.25, -0.2) is 14.4 Å². The number of carbonyl (C=O) groups is 3. The normalized spacial score (nSPS) is 15.9. The van der Waals surface area contributed by atoms with E-state index in [0.717, 1.165) is 18.4 Å². The summed E-state index contributed by atoms with van der Waals surface area (Å²) in [6.45, 7) is 2.90. The van der Waals surface area contributed by atoms with E-state index in [2.05, 4.69) is 6.92 Å². The molecule has 1 aliphatic carbocycles. The molecule has 1 aliphatic rings. The average molecular weight is 424 g/mol. The van der Waals surface area contributed by atoms with Gasteiger partial charge in [-0.05, 0) is 73.7 Å². The first-order valence-electron chi connectivity index (χ1n) is 10.1. The van der Waals surface area contributed by atoms with Crippen LogP contribution in [0.15, 0.2) is 60.2 Å². The highest BCUT2D eigenvalue weighted by Crippen LogP contribution is 2.36. The van der Waals surface area contributed by atoms with E-state index in [1.807, 2.05) is 0 Å². The van der Waals surface area contributed by atoms with Gasteiger partial charge in [0.05, 0.1) is 24.3 Å². The van der Waals surface area contributed by atoms with Crippen molar-refractivity contribution in [1.82, 2.24) is 0 Å². The molecule has 31 heavy (non-hydrogen) atoms. The molecule has 7 heteroatoms. The van der Waals surface area contributed by atoms with Crippen LogP contribution in [0.25, 0.3) is 0 Å². The van der Waals surface area contributed by atoms with Crippen LogP contribution in [0.2, 0.25) is 0 Å². The quantitative estimate of drug-likeness (QED) is 0.263. The summed E-state index contributed by atoms with van der Waals surface area (Å²) in [5.41, 5.74) is 1.61. The van der Waals surface area contributed by atoms with Gasteiger partial charge in [0.1, 0.15) is 11.5 Å². The van der Waals surface area contributed by atoms with Crippen LogP contribution >= 0.6 is 0 Å². The zero-order chi connectivity index (χ0) is 22.2. The van der Waals surface area contributed by atoms with Gasteiger partial charge in [0.25, 0.3) is 0 Å². The maximum atomic E-state index is 12.2. The van der Waals surface area contributed by atoms with Crippen molar-refractivity contribution in [3.63, 3.8) is 0 Å². The number of ether oxygens (including phenoxy) is 3. The van der Waals surface area contributed by atoms with Crippen LogP contribution in [0.3, 0.4) is 0 Å². The van der Waals surface area contributed by atoms with Gasteiger partial charge in [-0.1, -0.05) is 12.5 Å². The summed E-state index contributed by atoms with van der Waals surface area (Å²) in [6.07, 6.45) is 4.00. The fourth-order valence-corrected chi connectivity index (χ4v) is 2.77. The number of carboxylic acid groups (broad SMARTS) is 1. The minimum atomic E-state index is -1.05. The summed E-state index contributed by atoms with van der Waals surface area (Å²) in [5, 5.41) is 8.88. The highest BCUT2D eigenvalue weighted by molar-refractivity contribution is 5.91. The minimum Gasteiger partial charge on any atom is -0.494 e. The Morgan fingerprint density at radius 1 is 0.935 bits per heavy atom. The van der Waals surface area contributed by atoms with Gasteiger partial charge in [0, 0.05) is 6.08 Å². The molecule has 7 nitrogen and oxygen atoms in total. The SMILES string of the molecule is CC1CC1=CC(=O)OCCCCOc1ccc(C(=O)Oc2ccc(C(=O)O)cc2)cc1. The van der Waals surface area contributed by atoms with Gasteiger partial charge in [-0.2, -0.15) is 0 Å². The second-order valence-corrected chi connectivity index (χ2v) is 7.29. The molecule has 0 saturated heterocycles. The average Bonchev–Trinajstić information content (AvgIpc) is 3.45. The van der Waals surface area contributed by atoms with Gasteiger partial charge in [0.2, 0.25) is 0 Å². The Kier molecular flexibility index (Phi) is 7.43. The molecule has 0 amide bonds. The van der Waals surface area contributed by atoms with Gasteiger partial charge in [0.15, 0.2) is 0 Å². The summed E-state index contributed by atoms with van der Waals surface area (Å²) < 4.78 is 16.0. The summed E-state index contributed by atoms with van der Waals surface area (Å²) in [5.74, 6) is -0.479. The van der Waals surface area contributed by atoms with Gasteiger partial charge < -0.3 is 19.3 Å². The van der Waals surface area contributed by atoms with E-state index in [-0.39, 0.29) is 17.3 Å². The lowest BCUT2D eigenvalue weighted by Crippen LogP contribution is -2.09. The Balaban J connectivity index is 1.35. The number of carbonyl (C=O) groups excluding carboxylic acids is 2. The Bertz CT molecular complexity index is 958. The van der Waals surface area contributed by atoms with Crippen LogP contribution in [0, 0.1) is 5.92 Å². The van der Waals surface area contributed by atoms with Gasteiger partial charge >= 0.3 is 17.9 Å². The van der Waals surface area contributed by atoms with Crippen LogP contribution in [-0.2, 0) is 9.53 Å². The zero-order valence-electron chi connectivity index (χ0n) is 17.2. The first kappa shape index (κ1) is 22.1. The number of carboxylic acids is 1. The summed E-state index contributed by atoms with van der Waals surface area (Å²) in [4.78, 5) is 34.6. The molecule has 1 unspecified atom stereocenters. The largest absolute Gasteiger partial charge is 0.494 e. The summed E-state index contributed by atoms with van der Waals surface area (Å²) >= 11 is 0. The third kappa shape index (κ3) is 6.99. The lowest BCUT2D eigenvalue weighted by Gasteiger charge is -2.08. The van der Waals surface area contributed by atoms with E-state index in [0.29, 0.717) is 36.9 Å². The summed E-state index contributed by atoms with van der Waals surface area (Å²) in [7, 11) is 0. The van der Waals surface area contributed by atoms with E-state index < -0.39 is 11.9 Å². The molecule has 0 aromatic heterocycles. The maximum absolute atomic E-state index is 12.2. The zero-order valence-corrected chi connectivity index (χ0v) is 17.2. The second kappa shape index (κ2) is 10.4. The number of unbranched alkanes of at least 4 members (excludes halogenated alkanes) is 1. The number of rotatable bonds is 10. The van der Waals surface area contributed by atoms with Gasteiger partial charge in [-0.15, -0.1) is 0 Å². The fourth-order valence-electron chi connectivity index (χ4n) is 2.77. The van der Waals surface area contributed by atoms with E-state index in [4.69, 9.17) is 19.3 Å². The number of aromatic carboxylic acids is 1. The van der Waals surface area contributed by atoms with Crippen molar-refractivity contribution in [1.29, 1.82) is 0 Å². The van der Waals surface area contributed by atoms with Crippen LogP contribution in [0.1, 0.15) is 46.9 Å². The maximum Gasteiger partial charge on any atom is 0.343 e. The molecule has 0 spiro atoms. The smallest absolute Gasteiger partial charge is 0.343 e. The lowest BCUT2D eigenvalue weighted by atomic mass is 10.2. The number of esters is 2. The molecule has 0 bridgehead atoms. The molecule has 162 valence electrons. The topological polar surface area (TPSA) is 99.1 Å². The number of allylic oxidation sites excluding steroid dienone is 1. The summed E-state index contributed by atoms with van der Waals surface area (Å²) in [6, 6.07) is 12.1. The molecule has 1 fully saturated rings. The third-order valence-electron chi connectivity index (χ3n) is 4.77. The number of hydrogen-bond donors (Lipinski definition) is 1. The first-order valence-corrected chi connectivity index (χ1v) is 10.1. The number of hydrogen-bond acceptors (Lipinski definition) is 6. The molecule has 0 heterocycles. The first-order chi connectivity index (χ1) is 14.9. The predicted molar refractivity (Wildman–Crippen MR) is 112 cm³/mol. The fraction of sp³-hybridized carbons (Fsp3) is 0.292. The van der Waals surface area contributed by atoms with Crippen molar-refractivity contribution >= 4 is 17.9 Å². The van der Waals surface area contributed by atoms with Crippen LogP contribution in [0.4, 0.5) is 0 Å². The van der Waals surface area contributed by atoms with Crippen molar-refractivity contribution in [2.24, 2.45) is 5.92 Å². The molecule has 1 N–H and O–H groups in total. The van der Waals surface area contributed by atoms with E-state index in [1.165, 1.54) is 24.3 Å². The van der Waals surface area contributed by atoms with Crippen molar-refractivity contribution in [2.75, 3.05) is 13.2 Å². The molecular formula is C24H24O7. The highest BCUT2D eigenvalue weighted by Gasteiger charge is 2.25. The van der Waals surface area contributed by atoms with E-state index >= 15 is 0 Å². The van der Waals surface area contributed by atoms with E-state index in [1.54, 1.807) is 30.3 Å². The minimum absolute atomic E-state index is 0.115. The molecule has 3 rings (SSSR count). The van der Waals surface area contributed by atoms with Crippen molar-refractivity contribution in [3.8, 4) is 11.5 Å². The van der Waals surface area contributed by atoms with Crippen molar-refractivity contribution < 1.29 is 33.7 Å². The lowest BCUT2D eigenvalue weighted by molar-refractivity contribution is -0.137. The van der Waals surface area contributed by atoms with Gasteiger partial charge in [-0.3, -0.25) is 0 Å². The molecule has 0 radical (unpaired) electrons. The highest BCUT2D eigenvalue weighted by atomic mass is 16.5. The molecule has 2 aromatic carbocycles. The Hall–Kier alpha value is -3.61. The van der Waals surface area contributed by atoms with Crippen LogP contribution in [0.5, 0.6) is 11.5 Å².